The average Bonchev–Trinajstić information content (AvgIpc) is 3.12. The molecule has 0 aliphatic carbocycles. The van der Waals surface area contributed by atoms with E-state index in [0.29, 0.717) is 16.5 Å². The van der Waals surface area contributed by atoms with Crippen molar-refractivity contribution in [2.24, 2.45) is 0 Å². The van der Waals surface area contributed by atoms with E-state index in [0.717, 1.165) is 11.1 Å². The highest BCUT2D eigenvalue weighted by atomic mass is 32.2. The number of thioether (sulfide) groups is 1. The maximum atomic E-state index is 13.6. The summed E-state index contributed by atoms with van der Waals surface area (Å²) in [5, 5.41) is 16.1. The van der Waals surface area contributed by atoms with Gasteiger partial charge < -0.3 is 5.32 Å². The number of carbonyl (C=O) groups is 1. The van der Waals surface area contributed by atoms with Crippen LogP contribution in [0.15, 0.2) is 65.7 Å². The molecule has 0 unspecified atom stereocenters. The number of para-hydroxylation sites is 1. The number of aryl methyl sites for hydroxylation is 1. The molecule has 0 saturated carbocycles. The summed E-state index contributed by atoms with van der Waals surface area (Å²) in [4.78, 5) is 12.1. The minimum atomic E-state index is -0.465. The maximum Gasteiger partial charge on any atom is 0.234 e. The minimum absolute atomic E-state index is 0.106. The molecule has 2 aromatic heterocycles. The largest absolute Gasteiger partial charge is 0.323 e. The molecule has 0 atom stereocenters. The average molecular weight is 393 g/mol. The highest BCUT2D eigenvalue weighted by Crippen LogP contribution is 2.21. The molecule has 0 spiro atoms. The number of aromatic nitrogens is 4. The lowest BCUT2D eigenvalue weighted by Gasteiger charge is -2.06. The molecule has 0 radical (unpaired) electrons. The molecule has 8 heteroatoms. The predicted octanol–water partition coefficient (Wildman–Crippen LogP) is 3.97. The molecule has 0 aliphatic rings. The summed E-state index contributed by atoms with van der Waals surface area (Å²) in [6.45, 7) is 2.02. The summed E-state index contributed by atoms with van der Waals surface area (Å²) in [5.74, 6) is -0.0325. The first-order valence-corrected chi connectivity index (χ1v) is 9.55. The van der Waals surface area contributed by atoms with E-state index in [-0.39, 0.29) is 17.3 Å². The number of nitrogens with one attached hydrogen (secondary N) is 1. The van der Waals surface area contributed by atoms with Crippen molar-refractivity contribution in [1.29, 1.82) is 0 Å². The number of anilines is 1. The molecule has 0 fully saturated rings. The summed E-state index contributed by atoms with van der Waals surface area (Å²) in [6, 6.07) is 17.6. The van der Waals surface area contributed by atoms with Crippen LogP contribution in [-0.4, -0.2) is 31.5 Å². The van der Waals surface area contributed by atoms with Crippen molar-refractivity contribution in [2.75, 3.05) is 11.1 Å². The first-order chi connectivity index (χ1) is 13.6. The molecule has 1 N–H and O–H groups in total. The fraction of sp³-hybridized carbons (Fsp3) is 0.100. The zero-order valence-electron chi connectivity index (χ0n) is 15.0. The van der Waals surface area contributed by atoms with Crippen LogP contribution in [0, 0.1) is 12.7 Å². The van der Waals surface area contributed by atoms with Gasteiger partial charge in [0.05, 0.1) is 11.4 Å². The molecule has 4 aromatic rings. The summed E-state index contributed by atoms with van der Waals surface area (Å²) >= 11 is 1.26. The summed E-state index contributed by atoms with van der Waals surface area (Å²) in [7, 11) is 0. The summed E-state index contributed by atoms with van der Waals surface area (Å²) in [6.07, 6.45) is 0. The third kappa shape index (κ3) is 3.86. The van der Waals surface area contributed by atoms with Gasteiger partial charge in [-0.3, -0.25) is 4.79 Å². The Kier molecular flexibility index (Phi) is 5.03. The number of nitrogens with zero attached hydrogens (tertiary/aromatic N) is 4. The van der Waals surface area contributed by atoms with Crippen molar-refractivity contribution in [2.45, 2.75) is 11.9 Å². The van der Waals surface area contributed by atoms with Crippen molar-refractivity contribution in [3.05, 3.63) is 72.0 Å². The Labute approximate surface area is 164 Å². The van der Waals surface area contributed by atoms with Crippen LogP contribution in [0.3, 0.4) is 0 Å². The lowest BCUT2D eigenvalue weighted by Crippen LogP contribution is -2.15. The van der Waals surface area contributed by atoms with E-state index in [1.165, 1.54) is 23.9 Å². The molecule has 2 heterocycles. The zero-order chi connectivity index (χ0) is 19.5. The van der Waals surface area contributed by atoms with Gasteiger partial charge in [-0.2, -0.15) is 9.61 Å². The minimum Gasteiger partial charge on any atom is -0.323 e. The number of halogens is 1. The quantitative estimate of drug-likeness (QED) is 0.520. The van der Waals surface area contributed by atoms with Crippen LogP contribution in [0.5, 0.6) is 0 Å². The van der Waals surface area contributed by atoms with Crippen molar-refractivity contribution in [3.63, 3.8) is 0 Å². The van der Waals surface area contributed by atoms with E-state index in [1.807, 2.05) is 31.2 Å². The fourth-order valence-electron chi connectivity index (χ4n) is 2.62. The molecule has 1 amide bonds. The number of fused-ring (bicyclic) bond motifs is 1. The molecule has 6 nitrogen and oxygen atoms in total. The SMILES string of the molecule is Cc1ccc(-c2nnc3ccc(SCC(=O)Nc4ccccc4F)nn23)cc1. The molecule has 0 bridgehead atoms. The number of carbonyl (C=O) groups excluding carboxylic acids is 1. The number of hydrogen-bond acceptors (Lipinski definition) is 5. The van der Waals surface area contributed by atoms with Crippen LogP contribution in [-0.2, 0) is 4.79 Å². The van der Waals surface area contributed by atoms with E-state index in [1.54, 1.807) is 28.8 Å². The van der Waals surface area contributed by atoms with Gasteiger partial charge in [0.15, 0.2) is 11.5 Å². The number of amides is 1. The van der Waals surface area contributed by atoms with Gasteiger partial charge in [-0.15, -0.1) is 10.2 Å². The zero-order valence-corrected chi connectivity index (χ0v) is 15.8. The maximum absolute atomic E-state index is 13.6. The number of hydrogen-bond donors (Lipinski definition) is 1. The van der Waals surface area contributed by atoms with Gasteiger partial charge in [0.2, 0.25) is 5.91 Å². The normalized spacial score (nSPS) is 10.9. The second-order valence-electron chi connectivity index (χ2n) is 6.15. The van der Waals surface area contributed by atoms with Crippen LogP contribution in [0.25, 0.3) is 17.0 Å². The van der Waals surface area contributed by atoms with E-state index in [4.69, 9.17) is 0 Å². The second-order valence-corrected chi connectivity index (χ2v) is 7.14. The molecule has 28 heavy (non-hydrogen) atoms. The molecule has 0 aliphatic heterocycles. The monoisotopic (exact) mass is 393 g/mol. The Morgan fingerprint density at radius 1 is 1.07 bits per heavy atom. The highest BCUT2D eigenvalue weighted by molar-refractivity contribution is 7.99. The van der Waals surface area contributed by atoms with Gasteiger partial charge in [-0.05, 0) is 31.2 Å². The standard InChI is InChI=1S/C20H16FN5OS/c1-13-6-8-14(9-7-13)20-24-23-17-10-11-19(25-26(17)20)28-12-18(27)22-16-5-3-2-4-15(16)21/h2-11H,12H2,1H3,(H,22,27). The van der Waals surface area contributed by atoms with Crippen molar-refractivity contribution >= 4 is 29.0 Å². The third-order valence-electron chi connectivity index (χ3n) is 4.05. The first-order valence-electron chi connectivity index (χ1n) is 8.57. The molecule has 0 saturated heterocycles. The lowest BCUT2D eigenvalue weighted by atomic mass is 10.1. The summed E-state index contributed by atoms with van der Waals surface area (Å²) < 4.78 is 15.3. The Morgan fingerprint density at radius 3 is 2.64 bits per heavy atom. The Hall–Kier alpha value is -3.26. The molecule has 4 rings (SSSR count). The van der Waals surface area contributed by atoms with Gasteiger partial charge in [0, 0.05) is 5.56 Å². The van der Waals surface area contributed by atoms with E-state index >= 15 is 0 Å². The third-order valence-corrected chi connectivity index (χ3v) is 4.97. The van der Waals surface area contributed by atoms with E-state index < -0.39 is 5.82 Å². The Bertz CT molecular complexity index is 1140. The lowest BCUT2D eigenvalue weighted by molar-refractivity contribution is -0.113. The van der Waals surface area contributed by atoms with Crippen LogP contribution >= 0.6 is 11.8 Å². The topological polar surface area (TPSA) is 72.2 Å². The van der Waals surface area contributed by atoms with Crippen molar-refractivity contribution in [3.8, 4) is 11.4 Å². The van der Waals surface area contributed by atoms with Gasteiger partial charge in [0.25, 0.3) is 0 Å². The van der Waals surface area contributed by atoms with Gasteiger partial charge >= 0.3 is 0 Å². The molecule has 2 aromatic carbocycles. The highest BCUT2D eigenvalue weighted by Gasteiger charge is 2.12. The number of rotatable bonds is 5. The van der Waals surface area contributed by atoms with Gasteiger partial charge in [-0.1, -0.05) is 53.7 Å². The molecular formula is C20H16FN5OS. The second kappa shape index (κ2) is 7.77. The van der Waals surface area contributed by atoms with Crippen LogP contribution in [0.2, 0.25) is 0 Å². The smallest absolute Gasteiger partial charge is 0.234 e. The van der Waals surface area contributed by atoms with Crippen LogP contribution < -0.4 is 5.32 Å². The molecular weight excluding hydrogens is 377 g/mol. The fourth-order valence-corrected chi connectivity index (χ4v) is 3.27. The van der Waals surface area contributed by atoms with Crippen molar-refractivity contribution in [1.82, 2.24) is 19.8 Å². The van der Waals surface area contributed by atoms with Gasteiger partial charge in [0.1, 0.15) is 10.8 Å². The van der Waals surface area contributed by atoms with Crippen molar-refractivity contribution < 1.29 is 9.18 Å². The Morgan fingerprint density at radius 2 is 1.86 bits per heavy atom. The van der Waals surface area contributed by atoms with E-state index in [9.17, 15) is 9.18 Å². The van der Waals surface area contributed by atoms with Gasteiger partial charge in [-0.25, -0.2) is 4.39 Å². The van der Waals surface area contributed by atoms with Crippen LogP contribution in [0.4, 0.5) is 10.1 Å². The molecule has 140 valence electrons. The summed E-state index contributed by atoms with van der Waals surface area (Å²) in [5.41, 5.74) is 2.85. The first kappa shape index (κ1) is 18.1. The van der Waals surface area contributed by atoms with E-state index in [2.05, 4.69) is 20.6 Å². The Balaban J connectivity index is 1.50. The van der Waals surface area contributed by atoms with Crippen LogP contribution in [0.1, 0.15) is 5.56 Å². The predicted molar refractivity (Wildman–Crippen MR) is 107 cm³/mol. The number of benzene rings is 2.